The van der Waals surface area contributed by atoms with Gasteiger partial charge in [0.2, 0.25) is 0 Å². The Morgan fingerprint density at radius 1 is 1.35 bits per heavy atom. The van der Waals surface area contributed by atoms with Crippen molar-refractivity contribution in [3.05, 3.63) is 33.8 Å². The van der Waals surface area contributed by atoms with Crippen LogP contribution in [-0.2, 0) is 11.4 Å². The number of halogens is 3. The number of benzene rings is 1. The summed E-state index contributed by atoms with van der Waals surface area (Å²) in [6.07, 6.45) is 1.09. The highest BCUT2D eigenvalue weighted by Crippen LogP contribution is 2.21. The molecule has 6 heteroatoms. The molecule has 0 fully saturated rings. The van der Waals surface area contributed by atoms with Crippen LogP contribution in [0.5, 0.6) is 0 Å². The molecule has 2 nitrogen and oxygen atoms in total. The summed E-state index contributed by atoms with van der Waals surface area (Å²) in [6, 6.07) is 2.02. The van der Waals surface area contributed by atoms with Gasteiger partial charge >= 0.3 is 0 Å². The van der Waals surface area contributed by atoms with Crippen molar-refractivity contribution in [2.24, 2.45) is 4.40 Å². The monoisotopic (exact) mass is 323 g/mol. The first kappa shape index (κ1) is 14.6. The van der Waals surface area contributed by atoms with Crippen LogP contribution in [0.4, 0.5) is 8.78 Å². The van der Waals surface area contributed by atoms with Gasteiger partial charge in [-0.3, -0.25) is 0 Å². The van der Waals surface area contributed by atoms with Gasteiger partial charge in [0.1, 0.15) is 27.7 Å². The average Bonchev–Trinajstić information content (AvgIpc) is 2.19. The molecule has 1 rings (SSSR count). The van der Waals surface area contributed by atoms with Gasteiger partial charge in [0.15, 0.2) is 0 Å². The van der Waals surface area contributed by atoms with Crippen LogP contribution in [0.15, 0.2) is 21.0 Å². The maximum Gasteiger partial charge on any atom is 0.146 e. The Morgan fingerprint density at radius 3 is 2.47 bits per heavy atom. The molecule has 1 aromatic rings. The first-order valence-corrected chi connectivity index (χ1v) is 6.72. The molecule has 1 atom stereocenters. The summed E-state index contributed by atoms with van der Waals surface area (Å²) < 4.78 is 41.4. The van der Waals surface area contributed by atoms with Crippen molar-refractivity contribution >= 4 is 33.5 Å². The van der Waals surface area contributed by atoms with E-state index >= 15 is 0 Å². The summed E-state index contributed by atoms with van der Waals surface area (Å²) >= 11 is 1.40. The largest absolute Gasteiger partial charge is 0.591 e. The molecule has 0 radical (unpaired) electrons. The summed E-state index contributed by atoms with van der Waals surface area (Å²) in [7, 11) is 0. The topological polar surface area (TPSA) is 35.4 Å². The van der Waals surface area contributed by atoms with Crippen LogP contribution in [0.1, 0.15) is 26.3 Å². The molecule has 0 spiro atoms. The average molecular weight is 324 g/mol. The van der Waals surface area contributed by atoms with E-state index in [1.165, 1.54) is 0 Å². The molecular formula is C11H12BrF2NOS. The highest BCUT2D eigenvalue weighted by atomic mass is 79.9. The summed E-state index contributed by atoms with van der Waals surface area (Å²) in [4.78, 5) is 0. The quantitative estimate of drug-likeness (QED) is 0.465. The Bertz CT molecular complexity index is 446. The van der Waals surface area contributed by atoms with E-state index in [9.17, 15) is 13.3 Å². The molecular weight excluding hydrogens is 312 g/mol. The molecule has 1 aromatic carbocycles. The van der Waals surface area contributed by atoms with Crippen molar-refractivity contribution < 1.29 is 13.3 Å². The minimum absolute atomic E-state index is 0.0143. The van der Waals surface area contributed by atoms with Crippen molar-refractivity contribution in [2.75, 3.05) is 0 Å². The second kappa shape index (κ2) is 5.46. The zero-order chi connectivity index (χ0) is 13.2. The molecule has 0 amide bonds. The normalized spacial score (nSPS) is 14.3. The molecule has 0 saturated carbocycles. The first-order valence-electron chi connectivity index (χ1n) is 4.82. The molecule has 94 valence electrons. The van der Waals surface area contributed by atoms with E-state index in [0.717, 1.165) is 18.3 Å². The second-order valence-corrected chi connectivity index (χ2v) is 7.18. The smallest absolute Gasteiger partial charge is 0.146 e. The SMILES string of the molecule is CC(C)(C)[S@+]([O-])/N=C/c1cc(F)cc(Br)c1F. The first-order chi connectivity index (χ1) is 7.71. The zero-order valence-corrected chi connectivity index (χ0v) is 12.0. The van der Waals surface area contributed by atoms with Crippen molar-refractivity contribution in [3.8, 4) is 0 Å². The number of hydrogen-bond donors (Lipinski definition) is 0. The Kier molecular flexibility index (Phi) is 4.69. The van der Waals surface area contributed by atoms with E-state index in [-0.39, 0.29) is 10.0 Å². The third-order valence-electron chi connectivity index (χ3n) is 1.83. The highest BCUT2D eigenvalue weighted by Gasteiger charge is 2.26. The number of nitrogens with zero attached hydrogens (tertiary/aromatic N) is 1. The third-order valence-corrected chi connectivity index (χ3v) is 3.75. The van der Waals surface area contributed by atoms with Gasteiger partial charge in [-0.05, 0) is 48.8 Å². The second-order valence-electron chi connectivity index (χ2n) is 4.39. The Hall–Kier alpha value is -0.460. The fraction of sp³-hybridized carbons (Fsp3) is 0.364. The lowest BCUT2D eigenvalue weighted by Crippen LogP contribution is -2.25. The maximum atomic E-state index is 13.5. The van der Waals surface area contributed by atoms with E-state index in [0.29, 0.717) is 0 Å². The van der Waals surface area contributed by atoms with Gasteiger partial charge in [0.25, 0.3) is 0 Å². The molecule has 0 aromatic heterocycles. The van der Waals surface area contributed by atoms with Gasteiger partial charge in [-0.1, -0.05) is 4.40 Å². The van der Waals surface area contributed by atoms with Gasteiger partial charge in [-0.2, -0.15) is 0 Å². The minimum atomic E-state index is -1.49. The lowest BCUT2D eigenvalue weighted by molar-refractivity contribution is 0.561. The van der Waals surface area contributed by atoms with Crippen molar-refractivity contribution in [1.29, 1.82) is 0 Å². The molecule has 17 heavy (non-hydrogen) atoms. The third kappa shape index (κ3) is 4.04. The predicted molar refractivity (Wildman–Crippen MR) is 69.5 cm³/mol. The van der Waals surface area contributed by atoms with Crippen LogP contribution in [0.2, 0.25) is 0 Å². The van der Waals surface area contributed by atoms with Gasteiger partial charge in [0, 0.05) is 5.56 Å². The fourth-order valence-electron chi connectivity index (χ4n) is 0.933. The minimum Gasteiger partial charge on any atom is -0.591 e. The Morgan fingerprint density at radius 2 is 1.94 bits per heavy atom. The van der Waals surface area contributed by atoms with Crippen molar-refractivity contribution in [3.63, 3.8) is 0 Å². The maximum absolute atomic E-state index is 13.5. The summed E-state index contributed by atoms with van der Waals surface area (Å²) in [6.45, 7) is 5.24. The van der Waals surface area contributed by atoms with Crippen molar-refractivity contribution in [1.82, 2.24) is 0 Å². The molecule has 0 unspecified atom stereocenters. The summed E-state index contributed by atoms with van der Waals surface area (Å²) in [5, 5.41) is 0. The standard InChI is InChI=1S/C11H12BrF2NOS/c1-11(2,3)17(16)15-6-7-4-8(13)5-9(12)10(7)14/h4-6H,1-3H3/b15-6+/t17-/m0/s1. The van der Waals surface area contributed by atoms with Crippen LogP contribution in [0.25, 0.3) is 0 Å². The molecule has 0 aliphatic carbocycles. The van der Waals surface area contributed by atoms with Gasteiger partial charge in [0.05, 0.1) is 10.7 Å². The molecule has 0 saturated heterocycles. The zero-order valence-electron chi connectivity index (χ0n) is 9.63. The van der Waals surface area contributed by atoms with E-state index in [1.807, 2.05) is 0 Å². The predicted octanol–water partition coefficient (Wildman–Crippen LogP) is 3.61. The molecule has 0 N–H and O–H groups in total. The Balaban J connectivity index is 3.00. The van der Waals surface area contributed by atoms with Crippen LogP contribution in [-0.4, -0.2) is 15.5 Å². The van der Waals surface area contributed by atoms with Gasteiger partial charge < -0.3 is 4.55 Å². The van der Waals surface area contributed by atoms with E-state index in [2.05, 4.69) is 20.3 Å². The molecule has 0 heterocycles. The molecule has 0 bridgehead atoms. The van der Waals surface area contributed by atoms with Crippen LogP contribution < -0.4 is 0 Å². The fourth-order valence-corrected chi connectivity index (χ4v) is 1.91. The number of hydrogen-bond acceptors (Lipinski definition) is 2. The van der Waals surface area contributed by atoms with E-state index in [1.54, 1.807) is 20.8 Å². The van der Waals surface area contributed by atoms with Crippen LogP contribution in [0.3, 0.4) is 0 Å². The van der Waals surface area contributed by atoms with Crippen LogP contribution in [0, 0.1) is 11.6 Å². The van der Waals surface area contributed by atoms with E-state index < -0.39 is 27.7 Å². The molecule has 0 aliphatic heterocycles. The van der Waals surface area contributed by atoms with Gasteiger partial charge in [-0.15, -0.1) is 0 Å². The Labute approximate surface area is 111 Å². The lowest BCUT2D eigenvalue weighted by Gasteiger charge is -2.17. The lowest BCUT2D eigenvalue weighted by atomic mass is 10.2. The van der Waals surface area contributed by atoms with Crippen molar-refractivity contribution in [2.45, 2.75) is 25.5 Å². The highest BCUT2D eigenvalue weighted by molar-refractivity contribution is 9.10. The summed E-state index contributed by atoms with van der Waals surface area (Å²) in [5.74, 6) is -1.21. The van der Waals surface area contributed by atoms with E-state index in [4.69, 9.17) is 0 Å². The van der Waals surface area contributed by atoms with Gasteiger partial charge in [-0.25, -0.2) is 8.78 Å². The number of rotatable bonds is 2. The molecule has 0 aliphatic rings. The summed E-state index contributed by atoms with van der Waals surface area (Å²) in [5.41, 5.74) is -0.0329. The van der Waals surface area contributed by atoms with Crippen LogP contribution >= 0.6 is 15.9 Å².